The second-order valence-corrected chi connectivity index (χ2v) is 6.67. The van der Waals surface area contributed by atoms with E-state index in [1.807, 2.05) is 0 Å². The highest BCUT2D eigenvalue weighted by Gasteiger charge is 2.43. The molecule has 0 radical (unpaired) electrons. The number of rotatable bonds is 2. The first kappa shape index (κ1) is 11.9. The first-order valence-electron chi connectivity index (χ1n) is 7.38. The highest BCUT2D eigenvalue weighted by atomic mass is 15.3. The fourth-order valence-corrected chi connectivity index (χ4v) is 3.81. The van der Waals surface area contributed by atoms with Gasteiger partial charge in [0, 0.05) is 50.3 Å². The van der Waals surface area contributed by atoms with E-state index in [4.69, 9.17) is 0 Å². The number of piperidine rings is 1. The van der Waals surface area contributed by atoms with Crippen LogP contribution in [-0.2, 0) is 0 Å². The van der Waals surface area contributed by atoms with Gasteiger partial charge in [-0.1, -0.05) is 0 Å². The zero-order valence-corrected chi connectivity index (χ0v) is 11.4. The molecule has 1 N–H and O–H groups in total. The van der Waals surface area contributed by atoms with Gasteiger partial charge in [0.25, 0.3) is 0 Å². The van der Waals surface area contributed by atoms with Crippen molar-refractivity contribution in [1.29, 1.82) is 0 Å². The van der Waals surface area contributed by atoms with E-state index in [0.29, 0.717) is 5.54 Å². The Hall–Kier alpha value is -0.120. The smallest absolute Gasteiger partial charge is 0.0171 e. The van der Waals surface area contributed by atoms with Crippen LogP contribution >= 0.6 is 0 Å². The van der Waals surface area contributed by atoms with E-state index in [1.165, 1.54) is 58.4 Å². The number of hydrogen-bond donors (Lipinski definition) is 1. The summed E-state index contributed by atoms with van der Waals surface area (Å²) >= 11 is 0. The number of nitrogens with zero attached hydrogens (tertiary/aromatic N) is 2. The van der Waals surface area contributed by atoms with Gasteiger partial charge in [-0.3, -0.25) is 9.80 Å². The van der Waals surface area contributed by atoms with E-state index in [0.717, 1.165) is 12.1 Å². The minimum atomic E-state index is 0.426. The average Bonchev–Trinajstić information content (AvgIpc) is 3.13. The molecule has 1 saturated carbocycles. The topological polar surface area (TPSA) is 18.5 Å². The molecule has 1 aliphatic carbocycles. The fourth-order valence-electron chi connectivity index (χ4n) is 3.81. The Morgan fingerprint density at radius 1 is 0.941 bits per heavy atom. The molecule has 98 valence electrons. The summed E-state index contributed by atoms with van der Waals surface area (Å²) in [6.07, 6.45) is 5.65. The van der Waals surface area contributed by atoms with Gasteiger partial charge in [-0.2, -0.15) is 0 Å². The summed E-state index contributed by atoms with van der Waals surface area (Å²) in [6.45, 7) is 11.1. The minimum Gasteiger partial charge on any atom is -0.314 e. The molecule has 2 saturated heterocycles. The minimum absolute atomic E-state index is 0.426. The van der Waals surface area contributed by atoms with Gasteiger partial charge in [-0.15, -0.1) is 0 Å². The summed E-state index contributed by atoms with van der Waals surface area (Å²) in [7, 11) is 0. The van der Waals surface area contributed by atoms with Gasteiger partial charge in [-0.25, -0.2) is 0 Å². The molecule has 3 nitrogen and oxygen atoms in total. The predicted molar refractivity (Wildman–Crippen MR) is 71.3 cm³/mol. The van der Waals surface area contributed by atoms with Crippen LogP contribution in [0.15, 0.2) is 0 Å². The van der Waals surface area contributed by atoms with Gasteiger partial charge in [0.15, 0.2) is 0 Å². The Kier molecular flexibility index (Phi) is 3.18. The Bertz CT molecular complexity index is 267. The lowest BCUT2D eigenvalue weighted by Crippen LogP contribution is -2.58. The molecule has 0 aromatic heterocycles. The Morgan fingerprint density at radius 2 is 1.65 bits per heavy atom. The van der Waals surface area contributed by atoms with Crippen molar-refractivity contribution in [2.45, 2.75) is 57.2 Å². The third kappa shape index (κ3) is 2.51. The number of piperazine rings is 1. The van der Waals surface area contributed by atoms with E-state index in [-0.39, 0.29) is 0 Å². The normalized spacial score (nSPS) is 36.0. The second kappa shape index (κ2) is 4.52. The lowest BCUT2D eigenvalue weighted by Gasteiger charge is -2.49. The van der Waals surface area contributed by atoms with E-state index >= 15 is 0 Å². The molecular weight excluding hydrogens is 210 g/mol. The molecule has 1 atom stereocenters. The van der Waals surface area contributed by atoms with Crippen molar-refractivity contribution in [3.8, 4) is 0 Å². The summed E-state index contributed by atoms with van der Waals surface area (Å²) < 4.78 is 0. The van der Waals surface area contributed by atoms with Crippen LogP contribution in [0.3, 0.4) is 0 Å². The second-order valence-electron chi connectivity index (χ2n) is 6.67. The van der Waals surface area contributed by atoms with Crippen LogP contribution in [0, 0.1) is 0 Å². The highest BCUT2D eigenvalue weighted by molar-refractivity contribution is 5.00. The van der Waals surface area contributed by atoms with Gasteiger partial charge >= 0.3 is 0 Å². The van der Waals surface area contributed by atoms with E-state index in [2.05, 4.69) is 29.0 Å². The third-order valence-corrected chi connectivity index (χ3v) is 4.87. The standard InChI is InChI=1S/C14H27N3/c1-14(2)11-13(16-9-6-15-7-10-16)5-8-17(14)12-3-4-12/h12-13,15H,3-11H2,1-2H3. The molecule has 1 unspecified atom stereocenters. The maximum absolute atomic E-state index is 3.46. The molecule has 3 aliphatic rings. The van der Waals surface area contributed by atoms with Crippen molar-refractivity contribution < 1.29 is 0 Å². The Morgan fingerprint density at radius 3 is 2.24 bits per heavy atom. The Balaban J connectivity index is 1.61. The van der Waals surface area contributed by atoms with Crippen molar-refractivity contribution in [3.05, 3.63) is 0 Å². The lowest BCUT2D eigenvalue weighted by molar-refractivity contribution is 0.00855. The van der Waals surface area contributed by atoms with Crippen LogP contribution < -0.4 is 5.32 Å². The largest absolute Gasteiger partial charge is 0.314 e. The van der Waals surface area contributed by atoms with Crippen LogP contribution in [0.5, 0.6) is 0 Å². The first-order chi connectivity index (χ1) is 8.17. The van der Waals surface area contributed by atoms with Gasteiger partial charge in [0.05, 0.1) is 0 Å². The van der Waals surface area contributed by atoms with Crippen LogP contribution in [-0.4, -0.2) is 60.1 Å². The van der Waals surface area contributed by atoms with E-state index in [9.17, 15) is 0 Å². The monoisotopic (exact) mass is 237 g/mol. The maximum atomic E-state index is 3.46. The molecule has 17 heavy (non-hydrogen) atoms. The highest BCUT2D eigenvalue weighted by Crippen LogP contribution is 2.39. The molecular formula is C14H27N3. The van der Waals surface area contributed by atoms with Crippen molar-refractivity contribution in [3.63, 3.8) is 0 Å². The molecule has 0 aromatic rings. The van der Waals surface area contributed by atoms with Crippen LogP contribution in [0.2, 0.25) is 0 Å². The number of likely N-dealkylation sites (tertiary alicyclic amines) is 1. The molecule has 3 rings (SSSR count). The van der Waals surface area contributed by atoms with Crippen molar-refractivity contribution in [2.24, 2.45) is 0 Å². The van der Waals surface area contributed by atoms with E-state index in [1.54, 1.807) is 0 Å². The van der Waals surface area contributed by atoms with Crippen LogP contribution in [0.25, 0.3) is 0 Å². The quantitative estimate of drug-likeness (QED) is 0.781. The number of nitrogens with one attached hydrogen (secondary N) is 1. The molecule has 3 heteroatoms. The molecule has 0 aromatic carbocycles. The average molecular weight is 237 g/mol. The zero-order chi connectivity index (χ0) is 11.9. The van der Waals surface area contributed by atoms with Crippen molar-refractivity contribution >= 4 is 0 Å². The molecule has 0 amide bonds. The fraction of sp³-hybridized carbons (Fsp3) is 1.00. The summed E-state index contributed by atoms with van der Waals surface area (Å²) in [5, 5.41) is 3.46. The zero-order valence-electron chi connectivity index (χ0n) is 11.4. The lowest BCUT2D eigenvalue weighted by atomic mass is 9.85. The van der Waals surface area contributed by atoms with Gasteiger partial charge in [0.2, 0.25) is 0 Å². The molecule has 0 spiro atoms. The van der Waals surface area contributed by atoms with Gasteiger partial charge in [-0.05, 0) is 39.5 Å². The third-order valence-electron chi connectivity index (χ3n) is 4.87. The number of hydrogen-bond acceptors (Lipinski definition) is 3. The molecule has 3 fully saturated rings. The van der Waals surface area contributed by atoms with Gasteiger partial charge in [0.1, 0.15) is 0 Å². The van der Waals surface area contributed by atoms with E-state index < -0.39 is 0 Å². The Labute approximate surface area is 106 Å². The maximum Gasteiger partial charge on any atom is 0.0171 e. The summed E-state index contributed by atoms with van der Waals surface area (Å²) in [5.41, 5.74) is 0.426. The summed E-state index contributed by atoms with van der Waals surface area (Å²) in [5.74, 6) is 0. The molecule has 0 bridgehead atoms. The molecule has 2 aliphatic heterocycles. The summed E-state index contributed by atoms with van der Waals surface area (Å²) in [6, 6.07) is 1.76. The predicted octanol–water partition coefficient (Wildman–Crippen LogP) is 1.30. The van der Waals surface area contributed by atoms with Crippen LogP contribution in [0.4, 0.5) is 0 Å². The van der Waals surface area contributed by atoms with Gasteiger partial charge < -0.3 is 5.32 Å². The summed E-state index contributed by atoms with van der Waals surface area (Å²) in [4.78, 5) is 5.51. The van der Waals surface area contributed by atoms with Crippen molar-refractivity contribution in [1.82, 2.24) is 15.1 Å². The SMILES string of the molecule is CC1(C)CC(N2CCNCC2)CCN1C1CC1. The van der Waals surface area contributed by atoms with Crippen LogP contribution in [0.1, 0.15) is 39.5 Å². The van der Waals surface area contributed by atoms with Crippen molar-refractivity contribution in [2.75, 3.05) is 32.7 Å². The first-order valence-corrected chi connectivity index (χ1v) is 7.38. The molecule has 2 heterocycles.